The van der Waals surface area contributed by atoms with Gasteiger partial charge in [-0.25, -0.2) is 30.7 Å². The summed E-state index contributed by atoms with van der Waals surface area (Å²) in [4.78, 5) is 0. The van der Waals surface area contributed by atoms with Gasteiger partial charge in [0.2, 0.25) is 5.75 Å². The first kappa shape index (κ1) is 28.6. The molecule has 0 heterocycles. The fraction of sp³-hybridized carbons (Fsp3) is 0.0769. The van der Waals surface area contributed by atoms with E-state index in [2.05, 4.69) is 9.47 Å². The number of hydrogen-bond acceptors (Lipinski definition) is 2. The minimum absolute atomic E-state index is 0.0553. The zero-order chi connectivity index (χ0) is 29.6. The quantitative estimate of drug-likeness (QED) is 0.211. The van der Waals surface area contributed by atoms with Crippen molar-refractivity contribution in [1.29, 1.82) is 0 Å². The van der Waals surface area contributed by atoms with E-state index >= 15 is 0 Å². The third kappa shape index (κ3) is 5.95. The van der Waals surface area contributed by atoms with Crippen LogP contribution in [0.25, 0.3) is 22.3 Å². The van der Waals surface area contributed by atoms with E-state index in [1.54, 1.807) is 0 Å². The highest BCUT2D eigenvalue weighted by molar-refractivity contribution is 5.72. The van der Waals surface area contributed by atoms with Crippen molar-refractivity contribution in [2.24, 2.45) is 0 Å². The van der Waals surface area contributed by atoms with E-state index in [4.69, 9.17) is 0 Å². The van der Waals surface area contributed by atoms with Crippen LogP contribution in [0.2, 0.25) is 0 Å². The Morgan fingerprint density at radius 3 is 1.52 bits per heavy atom. The number of halogens is 12. The van der Waals surface area contributed by atoms with E-state index < -0.39 is 81.4 Å². The van der Waals surface area contributed by atoms with Gasteiger partial charge in [-0.15, -0.1) is 13.2 Å². The maximum absolute atomic E-state index is 14.8. The minimum atomic E-state index is -5.54. The van der Waals surface area contributed by atoms with Crippen molar-refractivity contribution in [1.82, 2.24) is 0 Å². The Morgan fingerprint density at radius 1 is 0.500 bits per heavy atom. The first-order chi connectivity index (χ1) is 18.6. The van der Waals surface area contributed by atoms with Crippen LogP contribution in [0.1, 0.15) is 5.56 Å². The summed E-state index contributed by atoms with van der Waals surface area (Å²) < 4.78 is 173. The van der Waals surface area contributed by atoms with Crippen molar-refractivity contribution >= 4 is 0 Å². The van der Waals surface area contributed by atoms with Gasteiger partial charge in [-0.05, 0) is 53.1 Å². The molecule has 0 unspecified atom stereocenters. The van der Waals surface area contributed by atoms with Crippen molar-refractivity contribution in [2.45, 2.75) is 12.5 Å². The molecule has 0 atom stereocenters. The van der Waals surface area contributed by atoms with Crippen LogP contribution in [0.15, 0.2) is 60.7 Å². The molecule has 0 aliphatic heterocycles. The summed E-state index contributed by atoms with van der Waals surface area (Å²) in [7, 11) is 0. The third-order valence-corrected chi connectivity index (χ3v) is 5.26. The maximum atomic E-state index is 14.8. The summed E-state index contributed by atoms with van der Waals surface area (Å²) in [6.07, 6.45) is -10.6. The summed E-state index contributed by atoms with van der Waals surface area (Å²) in [5.41, 5.74) is -4.15. The normalized spacial score (nSPS) is 12.0. The first-order valence-electron chi connectivity index (χ1n) is 10.6. The summed E-state index contributed by atoms with van der Waals surface area (Å²) in [6, 6.07) is 5.96. The largest absolute Gasteiger partial charge is 0.573 e. The number of hydrogen-bond donors (Lipinski definition) is 0. The molecule has 40 heavy (non-hydrogen) atoms. The van der Waals surface area contributed by atoms with Crippen LogP contribution in [0.3, 0.4) is 0 Å². The Balaban J connectivity index is 1.68. The highest BCUT2D eigenvalue weighted by atomic mass is 19.4. The van der Waals surface area contributed by atoms with E-state index in [-0.39, 0.29) is 35.4 Å². The molecule has 14 heteroatoms. The summed E-state index contributed by atoms with van der Waals surface area (Å²) in [5.74, 6) is -15.5. The lowest BCUT2D eigenvalue weighted by Gasteiger charge is -2.21. The zero-order valence-corrected chi connectivity index (χ0v) is 19.1. The van der Waals surface area contributed by atoms with E-state index in [9.17, 15) is 52.7 Å². The van der Waals surface area contributed by atoms with Crippen molar-refractivity contribution in [2.75, 3.05) is 0 Å². The number of ether oxygens (including phenoxy) is 2. The molecule has 0 aromatic heterocycles. The smallest absolute Gasteiger partial charge is 0.429 e. The average Bonchev–Trinajstić information content (AvgIpc) is 2.79. The second-order valence-electron chi connectivity index (χ2n) is 8.02. The van der Waals surface area contributed by atoms with Crippen LogP contribution < -0.4 is 9.47 Å². The average molecular weight is 582 g/mol. The Labute approximate surface area is 216 Å². The Morgan fingerprint density at radius 2 is 1.02 bits per heavy atom. The van der Waals surface area contributed by atoms with Gasteiger partial charge in [-0.3, -0.25) is 0 Å². The van der Waals surface area contributed by atoms with Gasteiger partial charge < -0.3 is 9.47 Å². The van der Waals surface area contributed by atoms with Crippen LogP contribution in [-0.2, 0) is 6.11 Å². The standard InChI is InChI=1S/C26H10F12O2/c27-14-3-1-2-11(4-14)12-5-16(28)22(17(29)6-12)13-7-18(30)23(19(31)8-13)25(34,35)39-15-9-20(32)24(21(33)10-15)40-26(36,37)38/h1-10H. The second-order valence-corrected chi connectivity index (χ2v) is 8.02. The molecule has 4 aromatic rings. The van der Waals surface area contributed by atoms with Gasteiger partial charge in [-0.2, -0.15) is 8.78 Å². The summed E-state index contributed by atoms with van der Waals surface area (Å²) in [6.45, 7) is 0. The molecule has 0 bridgehead atoms. The van der Waals surface area contributed by atoms with Crippen molar-refractivity contribution in [3.63, 3.8) is 0 Å². The lowest BCUT2D eigenvalue weighted by atomic mass is 9.97. The van der Waals surface area contributed by atoms with Crippen molar-refractivity contribution in [3.05, 3.63) is 107 Å². The SMILES string of the molecule is Fc1cccc(-c2cc(F)c(-c3cc(F)c(C(F)(F)Oc4cc(F)c(OC(F)(F)F)c(F)c4)c(F)c3)c(F)c2)c1. The number of benzene rings is 4. The maximum Gasteiger partial charge on any atom is 0.573 e. The highest BCUT2D eigenvalue weighted by Crippen LogP contribution is 2.40. The van der Waals surface area contributed by atoms with Crippen LogP contribution >= 0.6 is 0 Å². The fourth-order valence-corrected chi connectivity index (χ4v) is 3.69. The molecule has 0 amide bonds. The Bertz CT molecular complexity index is 1530. The summed E-state index contributed by atoms with van der Waals surface area (Å²) in [5, 5.41) is 0. The third-order valence-electron chi connectivity index (χ3n) is 5.26. The molecule has 0 aliphatic rings. The molecular weight excluding hydrogens is 572 g/mol. The zero-order valence-electron chi connectivity index (χ0n) is 19.1. The highest BCUT2D eigenvalue weighted by Gasteiger charge is 2.42. The lowest BCUT2D eigenvalue weighted by Crippen LogP contribution is -2.25. The molecule has 0 saturated heterocycles. The van der Waals surface area contributed by atoms with E-state index in [0.717, 1.165) is 12.1 Å². The van der Waals surface area contributed by atoms with Gasteiger partial charge in [-0.1, -0.05) is 12.1 Å². The molecule has 210 valence electrons. The van der Waals surface area contributed by atoms with E-state index in [0.29, 0.717) is 12.1 Å². The van der Waals surface area contributed by atoms with Gasteiger partial charge in [0.25, 0.3) is 0 Å². The van der Waals surface area contributed by atoms with Crippen LogP contribution in [0.4, 0.5) is 52.7 Å². The predicted molar refractivity (Wildman–Crippen MR) is 115 cm³/mol. The van der Waals surface area contributed by atoms with Gasteiger partial charge in [0.05, 0.1) is 5.56 Å². The van der Waals surface area contributed by atoms with Crippen molar-refractivity contribution in [3.8, 4) is 33.8 Å². The molecule has 4 aromatic carbocycles. The molecule has 0 radical (unpaired) electrons. The Kier molecular flexibility index (Phi) is 7.39. The van der Waals surface area contributed by atoms with Crippen molar-refractivity contribution < 1.29 is 62.2 Å². The summed E-state index contributed by atoms with van der Waals surface area (Å²) >= 11 is 0. The van der Waals surface area contributed by atoms with Gasteiger partial charge in [0.15, 0.2) is 11.6 Å². The molecule has 0 spiro atoms. The predicted octanol–water partition coefficient (Wildman–Crippen LogP) is 9.02. The van der Waals surface area contributed by atoms with E-state index in [1.807, 2.05) is 0 Å². The Hall–Kier alpha value is -4.36. The van der Waals surface area contributed by atoms with E-state index in [1.165, 1.54) is 12.1 Å². The molecule has 0 fully saturated rings. The number of alkyl halides is 5. The van der Waals surface area contributed by atoms with Crippen LogP contribution in [-0.4, -0.2) is 6.36 Å². The molecule has 2 nitrogen and oxygen atoms in total. The molecule has 0 saturated carbocycles. The molecule has 0 N–H and O–H groups in total. The monoisotopic (exact) mass is 582 g/mol. The topological polar surface area (TPSA) is 18.5 Å². The molecular formula is C26H10F12O2. The van der Waals surface area contributed by atoms with Crippen LogP contribution in [0.5, 0.6) is 11.5 Å². The fourth-order valence-electron chi connectivity index (χ4n) is 3.69. The van der Waals surface area contributed by atoms with Gasteiger partial charge in [0.1, 0.15) is 40.4 Å². The number of rotatable bonds is 6. The molecule has 0 aliphatic carbocycles. The lowest BCUT2D eigenvalue weighted by molar-refractivity contribution is -0.276. The second kappa shape index (κ2) is 10.3. The minimum Gasteiger partial charge on any atom is -0.429 e. The molecule has 4 rings (SSSR count). The van der Waals surface area contributed by atoms with Gasteiger partial charge in [0, 0.05) is 12.1 Å². The van der Waals surface area contributed by atoms with Crippen LogP contribution in [0, 0.1) is 40.7 Å². The first-order valence-corrected chi connectivity index (χ1v) is 10.6. The van der Waals surface area contributed by atoms with Gasteiger partial charge >= 0.3 is 12.5 Å².